The average Bonchev–Trinajstić information content (AvgIpc) is 2.41. The molecule has 1 saturated carbocycles. The molecule has 0 aliphatic heterocycles. The minimum absolute atomic E-state index is 0.0244. The third-order valence-electron chi connectivity index (χ3n) is 3.53. The van der Waals surface area contributed by atoms with Gasteiger partial charge in [0, 0.05) is 17.0 Å². The quantitative estimate of drug-likeness (QED) is 0.830. The molecule has 2 rings (SSSR count). The van der Waals surface area contributed by atoms with Crippen LogP contribution in [0.4, 0.5) is 5.69 Å². The molecule has 1 aliphatic rings. The van der Waals surface area contributed by atoms with Gasteiger partial charge in [0.1, 0.15) is 4.90 Å². The topological polar surface area (TPSA) is 72.2 Å². The molecule has 4 nitrogen and oxygen atoms in total. The van der Waals surface area contributed by atoms with Gasteiger partial charge in [-0.1, -0.05) is 18.0 Å². The summed E-state index contributed by atoms with van der Waals surface area (Å²) in [7, 11) is -3.62. The summed E-state index contributed by atoms with van der Waals surface area (Å²) in [6, 6.07) is 4.48. The monoisotopic (exact) mass is 334 g/mol. The third-order valence-corrected chi connectivity index (χ3v) is 6.62. The molecule has 1 aliphatic carbocycles. The van der Waals surface area contributed by atoms with E-state index in [1.165, 1.54) is 12.1 Å². The lowest BCUT2D eigenvalue weighted by molar-refractivity contribution is 0.421. The minimum atomic E-state index is -3.62. The summed E-state index contributed by atoms with van der Waals surface area (Å²) in [5, 5.41) is 0.719. The van der Waals surface area contributed by atoms with E-state index in [9.17, 15) is 8.42 Å². The third kappa shape index (κ3) is 3.81. The van der Waals surface area contributed by atoms with Crippen molar-refractivity contribution >= 4 is 39.1 Å². The Labute approximate surface area is 129 Å². The molecule has 1 aromatic carbocycles. The molecular formula is C13H19ClN2O2S2. The summed E-state index contributed by atoms with van der Waals surface area (Å²) in [6.07, 6.45) is 5.99. The van der Waals surface area contributed by atoms with Crippen LogP contribution >= 0.6 is 23.4 Å². The van der Waals surface area contributed by atoms with Crippen LogP contribution < -0.4 is 10.5 Å². The van der Waals surface area contributed by atoms with Gasteiger partial charge in [-0.3, -0.25) is 0 Å². The lowest BCUT2D eigenvalue weighted by atomic mass is 9.96. The molecule has 20 heavy (non-hydrogen) atoms. The summed E-state index contributed by atoms with van der Waals surface area (Å²) < 4.78 is 27.6. The van der Waals surface area contributed by atoms with Gasteiger partial charge >= 0.3 is 0 Å². The van der Waals surface area contributed by atoms with Gasteiger partial charge < -0.3 is 5.73 Å². The van der Waals surface area contributed by atoms with Crippen molar-refractivity contribution in [1.29, 1.82) is 0 Å². The van der Waals surface area contributed by atoms with Crippen LogP contribution in [0, 0.1) is 0 Å². The predicted octanol–water partition coefficient (Wildman–Crippen LogP) is 2.87. The Balaban J connectivity index is 2.16. The smallest absolute Gasteiger partial charge is 0.242 e. The molecule has 0 amide bonds. The van der Waals surface area contributed by atoms with E-state index in [1.807, 2.05) is 0 Å². The molecule has 0 radical (unpaired) electrons. The fourth-order valence-corrected chi connectivity index (χ4v) is 5.12. The number of hydrogen-bond acceptors (Lipinski definition) is 4. The molecular weight excluding hydrogens is 316 g/mol. The minimum Gasteiger partial charge on any atom is -0.399 e. The lowest BCUT2D eigenvalue weighted by Crippen LogP contribution is -2.39. The van der Waals surface area contributed by atoms with Crippen molar-refractivity contribution in [3.63, 3.8) is 0 Å². The van der Waals surface area contributed by atoms with E-state index in [-0.39, 0.29) is 16.0 Å². The number of benzene rings is 1. The Bertz CT molecular complexity index is 578. The van der Waals surface area contributed by atoms with Crippen molar-refractivity contribution < 1.29 is 8.42 Å². The second-order valence-electron chi connectivity index (χ2n) is 5.03. The highest BCUT2D eigenvalue weighted by Gasteiger charge is 2.27. The molecule has 1 aromatic rings. The van der Waals surface area contributed by atoms with Crippen LogP contribution in [0.2, 0.25) is 5.02 Å². The Morgan fingerprint density at radius 1 is 1.40 bits per heavy atom. The summed E-state index contributed by atoms with van der Waals surface area (Å²) in [4.78, 5) is 0.0606. The predicted molar refractivity (Wildman–Crippen MR) is 85.7 cm³/mol. The first kappa shape index (κ1) is 15.9. The Kier molecular flexibility index (Phi) is 5.23. The van der Waals surface area contributed by atoms with E-state index in [2.05, 4.69) is 11.0 Å². The number of anilines is 1. The van der Waals surface area contributed by atoms with Crippen molar-refractivity contribution in [3.05, 3.63) is 23.2 Å². The number of nitrogen functional groups attached to an aromatic ring is 1. The number of thioether (sulfide) groups is 1. The van der Waals surface area contributed by atoms with Crippen molar-refractivity contribution in [2.24, 2.45) is 0 Å². The number of halogens is 1. The molecule has 0 aromatic heterocycles. The van der Waals surface area contributed by atoms with Gasteiger partial charge in [0.15, 0.2) is 0 Å². The highest BCUT2D eigenvalue weighted by molar-refractivity contribution is 7.99. The van der Waals surface area contributed by atoms with Crippen molar-refractivity contribution in [2.45, 2.75) is 41.9 Å². The van der Waals surface area contributed by atoms with Gasteiger partial charge in [-0.05, 0) is 43.7 Å². The van der Waals surface area contributed by atoms with E-state index in [1.54, 1.807) is 17.8 Å². The molecule has 3 N–H and O–H groups in total. The maximum Gasteiger partial charge on any atom is 0.242 e. The summed E-state index contributed by atoms with van der Waals surface area (Å²) in [5.74, 6) is 0. The van der Waals surface area contributed by atoms with E-state index < -0.39 is 10.0 Å². The molecule has 0 heterocycles. The van der Waals surface area contributed by atoms with Gasteiger partial charge in [-0.25, -0.2) is 13.1 Å². The number of nitrogens with one attached hydrogen (secondary N) is 1. The molecule has 0 saturated heterocycles. The number of rotatable bonds is 4. The molecule has 0 spiro atoms. The van der Waals surface area contributed by atoms with E-state index in [4.69, 9.17) is 17.3 Å². The fraction of sp³-hybridized carbons (Fsp3) is 0.538. The first-order valence-corrected chi connectivity index (χ1v) is 9.67. The maximum absolute atomic E-state index is 12.4. The largest absolute Gasteiger partial charge is 0.399 e. The zero-order valence-corrected chi connectivity index (χ0v) is 13.7. The van der Waals surface area contributed by atoms with Crippen LogP contribution in [0.15, 0.2) is 23.1 Å². The van der Waals surface area contributed by atoms with Crippen LogP contribution in [-0.2, 0) is 10.0 Å². The molecule has 2 atom stereocenters. The molecule has 7 heteroatoms. The van der Waals surface area contributed by atoms with E-state index in [0.717, 1.165) is 25.7 Å². The highest BCUT2D eigenvalue weighted by atomic mass is 35.5. The second kappa shape index (κ2) is 6.56. The molecule has 112 valence electrons. The average molecular weight is 335 g/mol. The second-order valence-corrected chi connectivity index (χ2v) is 8.26. The van der Waals surface area contributed by atoms with Gasteiger partial charge in [-0.15, -0.1) is 0 Å². The lowest BCUT2D eigenvalue weighted by Gasteiger charge is -2.28. The van der Waals surface area contributed by atoms with Crippen LogP contribution in [0.5, 0.6) is 0 Å². The van der Waals surface area contributed by atoms with Crippen molar-refractivity contribution in [3.8, 4) is 0 Å². The first-order valence-electron chi connectivity index (χ1n) is 6.52. The van der Waals surface area contributed by atoms with Crippen LogP contribution in [0.1, 0.15) is 25.7 Å². The SMILES string of the molecule is CSC1CCCC(NS(=O)(=O)c2cc(N)ccc2Cl)C1. The van der Waals surface area contributed by atoms with Crippen molar-refractivity contribution in [1.82, 2.24) is 4.72 Å². The van der Waals surface area contributed by atoms with Crippen molar-refractivity contribution in [2.75, 3.05) is 12.0 Å². The number of nitrogens with two attached hydrogens (primary N) is 1. The molecule has 0 bridgehead atoms. The zero-order chi connectivity index (χ0) is 14.8. The molecule has 1 fully saturated rings. The van der Waals surface area contributed by atoms with E-state index >= 15 is 0 Å². The number of sulfonamides is 1. The standard InChI is InChI=1S/C13H19ClN2O2S2/c1-19-11-4-2-3-10(8-11)16-20(17,18)13-7-9(15)5-6-12(13)14/h5-7,10-11,16H,2-4,8,15H2,1H3. The van der Waals surface area contributed by atoms with Crippen LogP contribution in [0.3, 0.4) is 0 Å². The van der Waals surface area contributed by atoms with Crippen LogP contribution in [0.25, 0.3) is 0 Å². The van der Waals surface area contributed by atoms with E-state index in [0.29, 0.717) is 10.9 Å². The Morgan fingerprint density at radius 2 is 2.15 bits per heavy atom. The highest BCUT2D eigenvalue weighted by Crippen LogP contribution is 2.29. The fourth-order valence-electron chi connectivity index (χ4n) is 2.47. The van der Waals surface area contributed by atoms with Crippen LogP contribution in [-0.4, -0.2) is 26.0 Å². The summed E-state index contributed by atoms with van der Waals surface area (Å²) >= 11 is 7.77. The zero-order valence-electron chi connectivity index (χ0n) is 11.3. The normalized spacial score (nSPS) is 23.7. The Hall–Kier alpha value is -0.430. The van der Waals surface area contributed by atoms with Gasteiger partial charge in [0.05, 0.1) is 5.02 Å². The van der Waals surface area contributed by atoms with Gasteiger partial charge in [0.2, 0.25) is 10.0 Å². The molecule has 2 unspecified atom stereocenters. The summed E-state index contributed by atoms with van der Waals surface area (Å²) in [5.41, 5.74) is 6.04. The Morgan fingerprint density at radius 3 is 2.85 bits per heavy atom. The first-order chi connectivity index (χ1) is 9.42. The van der Waals surface area contributed by atoms with Gasteiger partial charge in [-0.2, -0.15) is 11.8 Å². The summed E-state index contributed by atoms with van der Waals surface area (Å²) in [6.45, 7) is 0. The van der Waals surface area contributed by atoms with Gasteiger partial charge in [0.25, 0.3) is 0 Å². The maximum atomic E-state index is 12.4. The number of hydrogen-bond donors (Lipinski definition) is 2.